The summed E-state index contributed by atoms with van der Waals surface area (Å²) in [6.07, 6.45) is 3.13. The number of piperidine rings is 1. The number of carbonyl (C=O) groups excluding carboxylic acids is 2. The monoisotopic (exact) mass is 367 g/mol. The van der Waals surface area contributed by atoms with E-state index in [0.29, 0.717) is 25.2 Å². The van der Waals surface area contributed by atoms with Crippen molar-refractivity contribution in [2.45, 2.75) is 19.3 Å². The van der Waals surface area contributed by atoms with Crippen molar-refractivity contribution in [1.29, 1.82) is 0 Å². The van der Waals surface area contributed by atoms with E-state index in [1.165, 1.54) is 0 Å². The van der Waals surface area contributed by atoms with Crippen LogP contribution in [0.3, 0.4) is 0 Å². The number of carbonyl (C=O) groups is 2. The zero-order chi connectivity index (χ0) is 18.3. The molecule has 1 aliphatic rings. The van der Waals surface area contributed by atoms with Gasteiger partial charge in [0.2, 0.25) is 15.9 Å². The van der Waals surface area contributed by atoms with E-state index in [2.05, 4.69) is 10.0 Å². The molecule has 1 heterocycles. The van der Waals surface area contributed by atoms with Gasteiger partial charge in [-0.3, -0.25) is 9.59 Å². The van der Waals surface area contributed by atoms with Crippen molar-refractivity contribution in [2.24, 2.45) is 5.92 Å². The summed E-state index contributed by atoms with van der Waals surface area (Å²) in [5, 5.41) is 2.75. The van der Waals surface area contributed by atoms with Gasteiger partial charge in [0.25, 0.3) is 5.91 Å². The van der Waals surface area contributed by atoms with Crippen LogP contribution in [0.15, 0.2) is 30.3 Å². The first-order chi connectivity index (χ1) is 11.8. The number of hydrogen-bond acceptors (Lipinski definition) is 4. The highest BCUT2D eigenvalue weighted by Crippen LogP contribution is 2.16. The third kappa shape index (κ3) is 6.83. The SMILES string of the molecule is CS(=O)(=O)NCC1CCCN(C(=O)CCNC(=O)c2ccccc2)C1. The lowest BCUT2D eigenvalue weighted by atomic mass is 9.98. The molecule has 1 aliphatic heterocycles. The number of rotatable bonds is 7. The number of likely N-dealkylation sites (tertiary alicyclic amines) is 1. The van der Waals surface area contributed by atoms with Crippen LogP contribution >= 0.6 is 0 Å². The maximum atomic E-state index is 12.3. The van der Waals surface area contributed by atoms with E-state index in [9.17, 15) is 18.0 Å². The highest BCUT2D eigenvalue weighted by Gasteiger charge is 2.24. The van der Waals surface area contributed by atoms with Gasteiger partial charge in [-0.2, -0.15) is 0 Å². The second-order valence-electron chi connectivity index (χ2n) is 6.34. The summed E-state index contributed by atoms with van der Waals surface area (Å²) in [4.78, 5) is 26.0. The highest BCUT2D eigenvalue weighted by molar-refractivity contribution is 7.88. The maximum Gasteiger partial charge on any atom is 0.251 e. The van der Waals surface area contributed by atoms with Crippen LogP contribution in [-0.2, 0) is 14.8 Å². The summed E-state index contributed by atoms with van der Waals surface area (Å²) in [6.45, 7) is 1.87. The third-order valence-electron chi connectivity index (χ3n) is 4.17. The average Bonchev–Trinajstić information content (AvgIpc) is 2.60. The van der Waals surface area contributed by atoms with Gasteiger partial charge in [-0.1, -0.05) is 18.2 Å². The fourth-order valence-corrected chi connectivity index (χ4v) is 3.40. The Bertz CT molecular complexity index is 691. The van der Waals surface area contributed by atoms with Gasteiger partial charge in [0, 0.05) is 38.2 Å². The lowest BCUT2D eigenvalue weighted by Crippen LogP contribution is -2.44. The third-order valence-corrected chi connectivity index (χ3v) is 4.86. The maximum absolute atomic E-state index is 12.3. The Labute approximate surface area is 148 Å². The Morgan fingerprint density at radius 1 is 1.24 bits per heavy atom. The molecule has 0 bridgehead atoms. The summed E-state index contributed by atoms with van der Waals surface area (Å²) >= 11 is 0. The summed E-state index contributed by atoms with van der Waals surface area (Å²) in [6, 6.07) is 8.87. The van der Waals surface area contributed by atoms with Crippen LogP contribution in [-0.4, -0.2) is 57.6 Å². The Balaban J connectivity index is 1.73. The molecule has 1 unspecified atom stereocenters. The molecule has 138 valence electrons. The minimum absolute atomic E-state index is 0.0163. The van der Waals surface area contributed by atoms with Crippen molar-refractivity contribution in [3.8, 4) is 0 Å². The quantitative estimate of drug-likeness (QED) is 0.737. The van der Waals surface area contributed by atoms with Gasteiger partial charge in [0.15, 0.2) is 0 Å². The number of nitrogens with zero attached hydrogens (tertiary/aromatic N) is 1. The lowest BCUT2D eigenvalue weighted by molar-refractivity contribution is -0.132. The minimum atomic E-state index is -3.21. The van der Waals surface area contributed by atoms with E-state index in [4.69, 9.17) is 0 Å². The molecule has 0 spiro atoms. The first-order valence-corrected chi connectivity index (χ1v) is 10.3. The van der Waals surface area contributed by atoms with Crippen LogP contribution in [0.5, 0.6) is 0 Å². The molecular weight excluding hydrogens is 342 g/mol. The molecule has 2 rings (SSSR count). The van der Waals surface area contributed by atoms with Gasteiger partial charge in [0.1, 0.15) is 0 Å². The van der Waals surface area contributed by atoms with Crippen molar-refractivity contribution >= 4 is 21.8 Å². The van der Waals surface area contributed by atoms with Crippen molar-refractivity contribution in [3.63, 3.8) is 0 Å². The molecule has 2 amide bonds. The van der Waals surface area contributed by atoms with Gasteiger partial charge in [-0.05, 0) is 30.9 Å². The van der Waals surface area contributed by atoms with Gasteiger partial charge < -0.3 is 10.2 Å². The number of hydrogen-bond donors (Lipinski definition) is 2. The lowest BCUT2D eigenvalue weighted by Gasteiger charge is -2.32. The van der Waals surface area contributed by atoms with Crippen LogP contribution in [0.25, 0.3) is 0 Å². The molecule has 0 aromatic heterocycles. The Morgan fingerprint density at radius 2 is 1.96 bits per heavy atom. The Morgan fingerprint density at radius 3 is 2.64 bits per heavy atom. The molecule has 25 heavy (non-hydrogen) atoms. The summed E-state index contributed by atoms with van der Waals surface area (Å²) in [5.74, 6) is -0.0778. The van der Waals surface area contributed by atoms with Gasteiger partial charge in [0.05, 0.1) is 6.26 Å². The number of benzene rings is 1. The standard InChI is InChI=1S/C17H25N3O4S/c1-25(23,24)19-12-14-6-5-11-20(13-14)16(21)9-10-18-17(22)15-7-3-2-4-8-15/h2-4,7-8,14,19H,5-6,9-13H2,1H3,(H,18,22). The van der Waals surface area contributed by atoms with Gasteiger partial charge in [-0.15, -0.1) is 0 Å². The van der Waals surface area contributed by atoms with Crippen molar-refractivity contribution in [1.82, 2.24) is 14.9 Å². The molecule has 8 heteroatoms. The van der Waals surface area contributed by atoms with Crippen molar-refractivity contribution in [3.05, 3.63) is 35.9 Å². The Hall–Kier alpha value is -1.93. The molecule has 1 aromatic rings. The average molecular weight is 367 g/mol. The normalized spacial score (nSPS) is 18.0. The zero-order valence-corrected chi connectivity index (χ0v) is 15.2. The zero-order valence-electron chi connectivity index (χ0n) is 14.4. The summed E-state index contributed by atoms with van der Waals surface area (Å²) in [5.41, 5.74) is 0.569. The summed E-state index contributed by atoms with van der Waals surface area (Å²) in [7, 11) is -3.21. The van der Waals surface area contributed by atoms with E-state index in [0.717, 1.165) is 19.1 Å². The van der Waals surface area contributed by atoms with E-state index in [1.54, 1.807) is 29.2 Å². The van der Waals surface area contributed by atoms with Crippen LogP contribution < -0.4 is 10.0 Å². The number of nitrogens with one attached hydrogen (secondary N) is 2. The Kier molecular flexibility index (Phi) is 6.95. The molecule has 2 N–H and O–H groups in total. The molecule has 0 radical (unpaired) electrons. The fraction of sp³-hybridized carbons (Fsp3) is 0.529. The molecule has 1 fully saturated rings. The van der Waals surface area contributed by atoms with Gasteiger partial charge in [-0.25, -0.2) is 13.1 Å². The number of amides is 2. The number of sulfonamides is 1. The van der Waals surface area contributed by atoms with Crippen LogP contribution in [0.2, 0.25) is 0 Å². The molecular formula is C17H25N3O4S. The molecule has 7 nitrogen and oxygen atoms in total. The van der Waals surface area contributed by atoms with E-state index < -0.39 is 10.0 Å². The second kappa shape index (κ2) is 8.96. The highest BCUT2D eigenvalue weighted by atomic mass is 32.2. The van der Waals surface area contributed by atoms with Crippen molar-refractivity contribution < 1.29 is 18.0 Å². The largest absolute Gasteiger partial charge is 0.352 e. The van der Waals surface area contributed by atoms with Crippen LogP contribution in [0.1, 0.15) is 29.6 Å². The minimum Gasteiger partial charge on any atom is -0.352 e. The van der Waals surface area contributed by atoms with Crippen LogP contribution in [0.4, 0.5) is 0 Å². The topological polar surface area (TPSA) is 95.6 Å². The first-order valence-electron chi connectivity index (χ1n) is 8.41. The predicted molar refractivity (Wildman–Crippen MR) is 95.5 cm³/mol. The summed E-state index contributed by atoms with van der Waals surface area (Å²) < 4.78 is 24.9. The van der Waals surface area contributed by atoms with Gasteiger partial charge >= 0.3 is 0 Å². The van der Waals surface area contributed by atoms with E-state index in [-0.39, 0.29) is 30.7 Å². The smallest absolute Gasteiger partial charge is 0.251 e. The fourth-order valence-electron chi connectivity index (χ4n) is 2.86. The predicted octanol–water partition coefficient (Wildman–Crippen LogP) is 0.594. The molecule has 1 aromatic carbocycles. The molecule has 0 aliphatic carbocycles. The van der Waals surface area contributed by atoms with E-state index in [1.807, 2.05) is 6.07 Å². The first kappa shape index (κ1) is 19.4. The van der Waals surface area contributed by atoms with Crippen molar-refractivity contribution in [2.75, 3.05) is 32.4 Å². The molecule has 1 saturated heterocycles. The van der Waals surface area contributed by atoms with E-state index >= 15 is 0 Å². The molecule has 0 saturated carbocycles. The second-order valence-corrected chi connectivity index (χ2v) is 8.17. The molecule has 1 atom stereocenters. The van der Waals surface area contributed by atoms with Crippen LogP contribution in [0, 0.1) is 5.92 Å².